The molecule has 0 spiro atoms. The summed E-state index contributed by atoms with van der Waals surface area (Å²) in [5.41, 5.74) is 0.699. The Labute approximate surface area is 97.7 Å². The maximum atomic E-state index is 12.0. The zero-order chi connectivity index (χ0) is 12.9. The number of alkyl halides is 3. The fourth-order valence-corrected chi connectivity index (χ4v) is 1.23. The standard InChI is InChI=1S/C10H15F3N4/c1-3-14-9-16-7(2)6-8(17-9)15-5-4-10(11,12)13/h6H,3-5H2,1-2H3,(H2,14,15,16,17). The van der Waals surface area contributed by atoms with Gasteiger partial charge in [0.2, 0.25) is 5.95 Å². The number of aryl methyl sites for hydroxylation is 1. The average molecular weight is 248 g/mol. The molecule has 4 nitrogen and oxygen atoms in total. The van der Waals surface area contributed by atoms with Crippen LogP contribution < -0.4 is 10.6 Å². The first-order chi connectivity index (χ1) is 7.90. The van der Waals surface area contributed by atoms with E-state index < -0.39 is 12.6 Å². The van der Waals surface area contributed by atoms with Crippen LogP contribution in [0.4, 0.5) is 24.9 Å². The second-order valence-corrected chi connectivity index (χ2v) is 3.54. The molecule has 1 heterocycles. The molecule has 7 heteroatoms. The van der Waals surface area contributed by atoms with Crippen molar-refractivity contribution in [1.82, 2.24) is 9.97 Å². The first-order valence-corrected chi connectivity index (χ1v) is 5.31. The van der Waals surface area contributed by atoms with Crippen molar-refractivity contribution in [2.45, 2.75) is 26.4 Å². The van der Waals surface area contributed by atoms with Gasteiger partial charge >= 0.3 is 6.18 Å². The van der Waals surface area contributed by atoms with E-state index in [0.717, 1.165) is 0 Å². The molecule has 0 aliphatic heterocycles. The lowest BCUT2D eigenvalue weighted by Crippen LogP contribution is -2.15. The summed E-state index contributed by atoms with van der Waals surface area (Å²) in [5.74, 6) is 0.819. The predicted octanol–water partition coefficient (Wildman–Crippen LogP) is 2.58. The summed E-state index contributed by atoms with van der Waals surface area (Å²) in [6, 6.07) is 1.61. The van der Waals surface area contributed by atoms with Gasteiger partial charge in [0.1, 0.15) is 5.82 Å². The molecule has 0 amide bonds. The normalized spacial score (nSPS) is 11.4. The fourth-order valence-electron chi connectivity index (χ4n) is 1.23. The van der Waals surface area contributed by atoms with Crippen LogP contribution in [-0.4, -0.2) is 29.2 Å². The second kappa shape index (κ2) is 5.70. The van der Waals surface area contributed by atoms with E-state index in [2.05, 4.69) is 20.6 Å². The molecule has 17 heavy (non-hydrogen) atoms. The van der Waals surface area contributed by atoms with Gasteiger partial charge in [-0.3, -0.25) is 0 Å². The molecule has 0 radical (unpaired) electrons. The van der Waals surface area contributed by atoms with Crippen molar-refractivity contribution in [3.8, 4) is 0 Å². The van der Waals surface area contributed by atoms with Gasteiger partial charge in [-0.15, -0.1) is 0 Å². The molecule has 0 saturated carbocycles. The summed E-state index contributed by atoms with van der Waals surface area (Å²) in [7, 11) is 0. The Kier molecular flexibility index (Phi) is 4.53. The van der Waals surface area contributed by atoms with Gasteiger partial charge in [-0.05, 0) is 13.8 Å². The molecule has 1 aromatic rings. The number of nitrogens with one attached hydrogen (secondary N) is 2. The monoisotopic (exact) mass is 248 g/mol. The highest BCUT2D eigenvalue weighted by atomic mass is 19.4. The van der Waals surface area contributed by atoms with Crippen LogP contribution in [0.15, 0.2) is 6.07 Å². The van der Waals surface area contributed by atoms with Crippen LogP contribution in [0.1, 0.15) is 19.0 Å². The maximum Gasteiger partial charge on any atom is 0.390 e. The highest BCUT2D eigenvalue weighted by Crippen LogP contribution is 2.19. The number of hydrogen-bond donors (Lipinski definition) is 2. The third kappa shape index (κ3) is 5.37. The van der Waals surface area contributed by atoms with E-state index in [-0.39, 0.29) is 6.54 Å². The third-order valence-electron chi connectivity index (χ3n) is 1.90. The van der Waals surface area contributed by atoms with E-state index in [4.69, 9.17) is 0 Å². The lowest BCUT2D eigenvalue weighted by Gasteiger charge is -2.10. The van der Waals surface area contributed by atoms with Crippen molar-refractivity contribution in [2.75, 3.05) is 23.7 Å². The van der Waals surface area contributed by atoms with Crippen LogP contribution in [0.3, 0.4) is 0 Å². The summed E-state index contributed by atoms with van der Waals surface area (Å²) >= 11 is 0. The molecule has 0 fully saturated rings. The minimum atomic E-state index is -4.15. The Morgan fingerprint density at radius 2 is 1.94 bits per heavy atom. The Hall–Kier alpha value is -1.53. The van der Waals surface area contributed by atoms with Gasteiger partial charge in [0.05, 0.1) is 6.42 Å². The number of hydrogen-bond acceptors (Lipinski definition) is 4. The predicted molar refractivity (Wildman–Crippen MR) is 60.1 cm³/mol. The summed E-state index contributed by atoms with van der Waals surface area (Å²) in [6.45, 7) is 4.12. The second-order valence-electron chi connectivity index (χ2n) is 3.54. The fraction of sp³-hybridized carbons (Fsp3) is 0.600. The van der Waals surface area contributed by atoms with Crippen molar-refractivity contribution in [1.29, 1.82) is 0 Å². The molecule has 2 N–H and O–H groups in total. The number of anilines is 2. The highest BCUT2D eigenvalue weighted by Gasteiger charge is 2.26. The largest absolute Gasteiger partial charge is 0.390 e. The highest BCUT2D eigenvalue weighted by molar-refractivity contribution is 5.41. The van der Waals surface area contributed by atoms with Gasteiger partial charge in [-0.2, -0.15) is 18.2 Å². The van der Waals surface area contributed by atoms with Gasteiger partial charge in [0.15, 0.2) is 0 Å². The lowest BCUT2D eigenvalue weighted by molar-refractivity contribution is -0.131. The van der Waals surface area contributed by atoms with Crippen molar-refractivity contribution in [3.63, 3.8) is 0 Å². The molecule has 0 aliphatic carbocycles. The average Bonchev–Trinajstić information content (AvgIpc) is 2.15. The zero-order valence-corrected chi connectivity index (χ0v) is 9.73. The molecule has 0 saturated heterocycles. The molecule has 0 aliphatic rings. The Morgan fingerprint density at radius 1 is 1.24 bits per heavy atom. The minimum Gasteiger partial charge on any atom is -0.370 e. The number of halogens is 3. The molecule has 96 valence electrons. The van der Waals surface area contributed by atoms with Crippen molar-refractivity contribution >= 4 is 11.8 Å². The van der Waals surface area contributed by atoms with Crippen LogP contribution in [-0.2, 0) is 0 Å². The van der Waals surface area contributed by atoms with Crippen LogP contribution in [0.2, 0.25) is 0 Å². The van der Waals surface area contributed by atoms with E-state index in [0.29, 0.717) is 24.0 Å². The topological polar surface area (TPSA) is 49.8 Å². The van der Waals surface area contributed by atoms with Crippen LogP contribution in [0, 0.1) is 6.92 Å². The Bertz CT molecular complexity index is 365. The SMILES string of the molecule is CCNc1nc(C)cc(NCCC(F)(F)F)n1. The lowest BCUT2D eigenvalue weighted by atomic mass is 10.4. The first kappa shape index (κ1) is 13.5. The first-order valence-electron chi connectivity index (χ1n) is 5.31. The van der Waals surface area contributed by atoms with Crippen molar-refractivity contribution in [3.05, 3.63) is 11.8 Å². The molecule has 0 atom stereocenters. The van der Waals surface area contributed by atoms with Crippen molar-refractivity contribution in [2.24, 2.45) is 0 Å². The molecule has 1 aromatic heterocycles. The van der Waals surface area contributed by atoms with E-state index in [1.54, 1.807) is 13.0 Å². The number of aromatic nitrogens is 2. The van der Waals surface area contributed by atoms with Gasteiger partial charge in [0.25, 0.3) is 0 Å². The number of rotatable bonds is 5. The third-order valence-corrected chi connectivity index (χ3v) is 1.90. The van der Waals surface area contributed by atoms with E-state index in [9.17, 15) is 13.2 Å². The van der Waals surface area contributed by atoms with E-state index >= 15 is 0 Å². The maximum absolute atomic E-state index is 12.0. The van der Waals surface area contributed by atoms with E-state index in [1.165, 1.54) is 0 Å². The van der Waals surface area contributed by atoms with Gasteiger partial charge in [-0.25, -0.2) is 4.98 Å². The summed E-state index contributed by atoms with van der Waals surface area (Å²) in [6.07, 6.45) is -5.04. The smallest absolute Gasteiger partial charge is 0.370 e. The van der Waals surface area contributed by atoms with Crippen LogP contribution in [0.25, 0.3) is 0 Å². The van der Waals surface area contributed by atoms with Crippen LogP contribution in [0.5, 0.6) is 0 Å². The van der Waals surface area contributed by atoms with Gasteiger partial charge in [0, 0.05) is 24.8 Å². The molecule has 0 unspecified atom stereocenters. The zero-order valence-electron chi connectivity index (χ0n) is 9.73. The molecule has 0 bridgehead atoms. The van der Waals surface area contributed by atoms with Crippen molar-refractivity contribution < 1.29 is 13.2 Å². The number of nitrogens with zero attached hydrogens (tertiary/aromatic N) is 2. The van der Waals surface area contributed by atoms with Gasteiger partial charge in [-0.1, -0.05) is 0 Å². The molecule has 1 rings (SSSR count). The molecular weight excluding hydrogens is 233 g/mol. The molecule has 0 aromatic carbocycles. The van der Waals surface area contributed by atoms with Crippen LogP contribution >= 0.6 is 0 Å². The van der Waals surface area contributed by atoms with E-state index in [1.807, 2.05) is 6.92 Å². The molecular formula is C10H15F3N4. The minimum absolute atomic E-state index is 0.189. The Balaban J connectivity index is 2.58. The Morgan fingerprint density at radius 3 is 2.53 bits per heavy atom. The quantitative estimate of drug-likeness (QED) is 0.840. The van der Waals surface area contributed by atoms with Gasteiger partial charge < -0.3 is 10.6 Å². The summed E-state index contributed by atoms with van der Waals surface area (Å²) in [4.78, 5) is 8.14. The summed E-state index contributed by atoms with van der Waals surface area (Å²) in [5, 5.41) is 5.54. The summed E-state index contributed by atoms with van der Waals surface area (Å²) < 4.78 is 35.9.